The second-order valence-corrected chi connectivity index (χ2v) is 8.48. The Labute approximate surface area is 183 Å². The van der Waals surface area contributed by atoms with Gasteiger partial charge < -0.3 is 20.3 Å². The zero-order chi connectivity index (χ0) is 22.0. The molecule has 1 aliphatic rings. The van der Waals surface area contributed by atoms with Gasteiger partial charge in [-0.05, 0) is 54.7 Å². The molecule has 2 heterocycles. The van der Waals surface area contributed by atoms with Crippen molar-refractivity contribution < 1.29 is 24.2 Å². The number of aromatic carboxylic acids is 1. The summed E-state index contributed by atoms with van der Waals surface area (Å²) >= 11 is 0.970. The molecule has 4 rings (SSSR count). The molecule has 1 aromatic heterocycles. The van der Waals surface area contributed by atoms with Crippen molar-refractivity contribution in [3.63, 3.8) is 0 Å². The van der Waals surface area contributed by atoms with Gasteiger partial charge in [0.2, 0.25) is 5.91 Å². The minimum atomic E-state index is -1.07. The number of primary amides is 1. The Hall–Kier alpha value is -3.39. The fourth-order valence-corrected chi connectivity index (χ4v) is 4.45. The van der Waals surface area contributed by atoms with Crippen LogP contribution in [0.3, 0.4) is 0 Å². The molecule has 2 unspecified atom stereocenters. The molecule has 31 heavy (non-hydrogen) atoms. The van der Waals surface area contributed by atoms with E-state index in [0.29, 0.717) is 10.8 Å². The first kappa shape index (κ1) is 20.9. The number of benzene rings is 2. The van der Waals surface area contributed by atoms with Crippen LogP contribution < -0.4 is 15.2 Å². The molecule has 3 aromatic rings. The van der Waals surface area contributed by atoms with E-state index < -0.39 is 18.0 Å². The van der Waals surface area contributed by atoms with Crippen molar-refractivity contribution in [1.29, 1.82) is 0 Å². The van der Waals surface area contributed by atoms with E-state index in [9.17, 15) is 9.59 Å². The number of nitrogens with zero attached hydrogens (tertiary/aromatic N) is 1. The number of carboxylic acid groups (broad SMARTS) is 1. The molecule has 1 aliphatic heterocycles. The lowest BCUT2D eigenvalue weighted by atomic mass is 9.95. The van der Waals surface area contributed by atoms with Crippen molar-refractivity contribution in [2.75, 3.05) is 0 Å². The van der Waals surface area contributed by atoms with E-state index in [4.69, 9.17) is 20.3 Å². The normalized spacial score (nSPS) is 16.1. The number of ether oxygens (including phenoxy) is 2. The van der Waals surface area contributed by atoms with Crippen molar-refractivity contribution in [3.05, 3.63) is 75.2 Å². The summed E-state index contributed by atoms with van der Waals surface area (Å²) in [5.74, 6) is -0.272. The molecule has 0 aliphatic carbocycles. The quantitative estimate of drug-likeness (QED) is 0.571. The summed E-state index contributed by atoms with van der Waals surface area (Å²) in [5.41, 5.74) is 8.78. The highest BCUT2D eigenvalue weighted by atomic mass is 32.1. The average molecular weight is 439 g/mol. The molecule has 0 saturated heterocycles. The molecule has 1 amide bonds. The van der Waals surface area contributed by atoms with E-state index in [0.717, 1.165) is 35.5 Å². The van der Waals surface area contributed by atoms with E-state index in [1.165, 1.54) is 17.3 Å². The van der Waals surface area contributed by atoms with Crippen LogP contribution in [0.2, 0.25) is 0 Å². The van der Waals surface area contributed by atoms with Crippen molar-refractivity contribution in [1.82, 2.24) is 4.98 Å². The molecule has 0 spiro atoms. The van der Waals surface area contributed by atoms with Crippen LogP contribution in [-0.4, -0.2) is 22.0 Å². The summed E-state index contributed by atoms with van der Waals surface area (Å²) in [6.07, 6.45) is 2.08. The summed E-state index contributed by atoms with van der Waals surface area (Å²) in [6.45, 7) is 2.08. The van der Waals surface area contributed by atoms with E-state index >= 15 is 0 Å². The van der Waals surface area contributed by atoms with Crippen LogP contribution >= 0.6 is 11.3 Å². The van der Waals surface area contributed by atoms with E-state index in [1.54, 1.807) is 6.07 Å². The molecule has 7 nitrogen and oxygen atoms in total. The summed E-state index contributed by atoms with van der Waals surface area (Å²) < 4.78 is 12.2. The summed E-state index contributed by atoms with van der Waals surface area (Å²) in [4.78, 5) is 26.9. The zero-order valence-corrected chi connectivity index (χ0v) is 17.7. The van der Waals surface area contributed by atoms with Gasteiger partial charge in [0.1, 0.15) is 27.5 Å². The van der Waals surface area contributed by atoms with Gasteiger partial charge in [-0.25, -0.2) is 9.78 Å². The van der Waals surface area contributed by atoms with E-state index in [1.807, 2.05) is 24.3 Å². The van der Waals surface area contributed by atoms with Gasteiger partial charge >= 0.3 is 5.97 Å². The maximum Gasteiger partial charge on any atom is 0.347 e. The molecule has 160 valence electrons. The summed E-state index contributed by atoms with van der Waals surface area (Å²) in [5, 5.41) is 9.52. The lowest BCUT2D eigenvalue weighted by molar-refractivity contribution is -0.119. The van der Waals surface area contributed by atoms with Gasteiger partial charge in [0.15, 0.2) is 6.10 Å². The second-order valence-electron chi connectivity index (χ2n) is 7.42. The molecular weight excluding hydrogens is 416 g/mol. The highest BCUT2D eigenvalue weighted by molar-refractivity contribution is 7.13. The average Bonchev–Trinajstić information content (AvgIpc) is 3.24. The Morgan fingerprint density at radius 3 is 2.84 bits per heavy atom. The van der Waals surface area contributed by atoms with Crippen LogP contribution in [0.25, 0.3) is 0 Å². The van der Waals surface area contributed by atoms with Crippen LogP contribution in [0.1, 0.15) is 56.4 Å². The van der Waals surface area contributed by atoms with Crippen molar-refractivity contribution in [2.24, 2.45) is 5.73 Å². The van der Waals surface area contributed by atoms with Gasteiger partial charge in [-0.1, -0.05) is 24.3 Å². The van der Waals surface area contributed by atoms with E-state index in [-0.39, 0.29) is 17.4 Å². The predicted molar refractivity (Wildman–Crippen MR) is 116 cm³/mol. The Bertz CT molecular complexity index is 1130. The maximum atomic E-state index is 11.5. The lowest BCUT2D eigenvalue weighted by Crippen LogP contribution is -2.19. The number of nitrogens with two attached hydrogens (primary N) is 1. The van der Waals surface area contributed by atoms with Gasteiger partial charge in [-0.3, -0.25) is 4.79 Å². The molecule has 2 atom stereocenters. The van der Waals surface area contributed by atoms with E-state index in [2.05, 4.69) is 24.0 Å². The third-order valence-electron chi connectivity index (χ3n) is 5.19. The number of carbonyl (C=O) groups excluding carboxylic acids is 1. The predicted octanol–water partition coefficient (Wildman–Crippen LogP) is 4.21. The Kier molecular flexibility index (Phi) is 5.90. The number of aromatic nitrogens is 1. The first-order valence-corrected chi connectivity index (χ1v) is 10.7. The molecule has 0 bridgehead atoms. The van der Waals surface area contributed by atoms with Crippen molar-refractivity contribution >= 4 is 23.2 Å². The van der Waals surface area contributed by atoms with Gasteiger partial charge in [0, 0.05) is 0 Å². The topological polar surface area (TPSA) is 112 Å². The monoisotopic (exact) mass is 438 g/mol. The second kappa shape index (κ2) is 8.77. The zero-order valence-electron chi connectivity index (χ0n) is 16.9. The number of thiazole rings is 1. The van der Waals surface area contributed by atoms with Gasteiger partial charge in [0.05, 0.1) is 12.6 Å². The molecule has 0 saturated carbocycles. The number of carboxylic acids is 1. The van der Waals surface area contributed by atoms with Crippen LogP contribution in [0.5, 0.6) is 11.5 Å². The highest BCUT2D eigenvalue weighted by Crippen LogP contribution is 2.38. The molecule has 2 aromatic carbocycles. The maximum absolute atomic E-state index is 11.5. The third-order valence-corrected chi connectivity index (χ3v) is 6.26. The molecule has 0 radical (unpaired) electrons. The number of hydrogen-bond acceptors (Lipinski definition) is 6. The van der Waals surface area contributed by atoms with Crippen LogP contribution in [0, 0.1) is 6.92 Å². The van der Waals surface area contributed by atoms with Gasteiger partial charge in [0.25, 0.3) is 0 Å². The van der Waals surface area contributed by atoms with Crippen molar-refractivity contribution in [2.45, 2.75) is 38.4 Å². The van der Waals surface area contributed by atoms with Crippen molar-refractivity contribution in [3.8, 4) is 11.5 Å². The first-order chi connectivity index (χ1) is 14.9. The van der Waals surface area contributed by atoms with Gasteiger partial charge in [-0.15, -0.1) is 11.3 Å². The highest BCUT2D eigenvalue weighted by Gasteiger charge is 2.25. The minimum absolute atomic E-state index is 0.00726. The molecular formula is C23H22N2O5S. The number of aryl methyl sites for hydroxylation is 2. The minimum Gasteiger partial charge on any atom is -0.485 e. The first-order valence-electron chi connectivity index (χ1n) is 9.90. The summed E-state index contributed by atoms with van der Waals surface area (Å²) in [7, 11) is 0. The lowest BCUT2D eigenvalue weighted by Gasteiger charge is -2.28. The fraction of sp³-hybridized carbons (Fsp3) is 0.261. The molecule has 8 heteroatoms. The molecule has 3 N–H and O–H groups in total. The Morgan fingerprint density at radius 2 is 2.13 bits per heavy atom. The summed E-state index contributed by atoms with van der Waals surface area (Å²) in [6, 6.07) is 13.7. The standard InChI is InChI=1S/C23H22N2O5S/c1-13-4-2-3-5-16(13)18-8-6-14-10-15(7-9-17(14)30-18)29-19(11-21(24)26)22-25-12-20(31-22)23(27)28/h2-5,7,9-10,12,18-19H,6,8,11H2,1H3,(H2,24,26)(H,27,28). The van der Waals surface area contributed by atoms with Crippen LogP contribution in [0.4, 0.5) is 0 Å². The number of amides is 1. The van der Waals surface area contributed by atoms with Crippen LogP contribution in [0.15, 0.2) is 48.7 Å². The number of carbonyl (C=O) groups is 2. The van der Waals surface area contributed by atoms with Crippen LogP contribution in [-0.2, 0) is 11.2 Å². The smallest absolute Gasteiger partial charge is 0.347 e. The Morgan fingerprint density at radius 1 is 1.32 bits per heavy atom. The molecule has 0 fully saturated rings. The number of hydrogen-bond donors (Lipinski definition) is 2. The number of fused-ring (bicyclic) bond motifs is 1. The largest absolute Gasteiger partial charge is 0.485 e. The SMILES string of the molecule is Cc1ccccc1C1CCc2cc(OC(CC(N)=O)c3ncc(C(=O)O)s3)ccc2O1. The number of rotatable bonds is 7. The van der Waals surface area contributed by atoms with Gasteiger partial charge in [-0.2, -0.15) is 0 Å². The Balaban J connectivity index is 1.53. The fourth-order valence-electron chi connectivity index (χ4n) is 3.67. The third kappa shape index (κ3) is 4.69.